The highest BCUT2D eigenvalue weighted by Crippen LogP contribution is 2.28. The minimum Gasteiger partial charge on any atom is -0.367 e. The van der Waals surface area contributed by atoms with Crippen LogP contribution in [0.25, 0.3) is 0 Å². The van der Waals surface area contributed by atoms with Gasteiger partial charge in [0, 0.05) is 24.6 Å². The summed E-state index contributed by atoms with van der Waals surface area (Å²) in [6.07, 6.45) is 0.584. The van der Waals surface area contributed by atoms with Crippen LogP contribution in [0.3, 0.4) is 0 Å². The normalized spacial score (nSPS) is 17.4. The standard InChI is InChI=1S/C21H22FN3O4S/c22-19-9-5-4-8-18(19)15-30(26,27)25-11-10-17(12-25)21-23-20(29-24-21)14-28-13-16-6-2-1-3-7-16/h1-9,17H,10-15H2. The molecule has 0 aliphatic carbocycles. The molecule has 30 heavy (non-hydrogen) atoms. The maximum absolute atomic E-state index is 13.8. The van der Waals surface area contributed by atoms with Crippen LogP contribution in [0.15, 0.2) is 59.1 Å². The molecule has 1 unspecified atom stereocenters. The number of sulfonamides is 1. The maximum atomic E-state index is 13.8. The number of benzene rings is 2. The lowest BCUT2D eigenvalue weighted by Gasteiger charge is -2.16. The molecule has 9 heteroatoms. The van der Waals surface area contributed by atoms with Crippen LogP contribution < -0.4 is 0 Å². The number of nitrogens with zero attached hydrogens (tertiary/aromatic N) is 3. The Balaban J connectivity index is 1.32. The van der Waals surface area contributed by atoms with Gasteiger partial charge in [-0.1, -0.05) is 53.7 Å². The SMILES string of the molecule is O=S(=O)(Cc1ccccc1F)N1CCC(c2noc(COCc3ccccc3)n2)C1. The Morgan fingerprint density at radius 2 is 1.87 bits per heavy atom. The van der Waals surface area contributed by atoms with Crippen molar-refractivity contribution >= 4 is 10.0 Å². The van der Waals surface area contributed by atoms with Gasteiger partial charge < -0.3 is 9.26 Å². The Hall–Kier alpha value is -2.62. The van der Waals surface area contributed by atoms with Crippen molar-refractivity contribution in [3.63, 3.8) is 0 Å². The molecule has 0 spiro atoms. The molecule has 1 fully saturated rings. The molecule has 0 saturated carbocycles. The fraction of sp³-hybridized carbons (Fsp3) is 0.333. The topological polar surface area (TPSA) is 85.5 Å². The van der Waals surface area contributed by atoms with Gasteiger partial charge in [-0.2, -0.15) is 4.98 Å². The molecule has 7 nitrogen and oxygen atoms in total. The Morgan fingerprint density at radius 3 is 2.67 bits per heavy atom. The molecule has 1 saturated heterocycles. The number of rotatable bonds is 8. The van der Waals surface area contributed by atoms with Crippen molar-refractivity contribution < 1.29 is 22.1 Å². The van der Waals surface area contributed by atoms with Gasteiger partial charge >= 0.3 is 0 Å². The maximum Gasteiger partial charge on any atom is 0.252 e. The highest BCUT2D eigenvalue weighted by Gasteiger charge is 2.34. The molecular weight excluding hydrogens is 409 g/mol. The largest absolute Gasteiger partial charge is 0.367 e. The third-order valence-corrected chi connectivity index (χ3v) is 6.82. The Labute approximate surface area is 174 Å². The monoisotopic (exact) mass is 431 g/mol. The number of aromatic nitrogens is 2. The summed E-state index contributed by atoms with van der Waals surface area (Å²) in [7, 11) is -3.63. The molecule has 1 aliphatic rings. The van der Waals surface area contributed by atoms with Crippen LogP contribution in [0.2, 0.25) is 0 Å². The first-order valence-corrected chi connectivity index (χ1v) is 11.3. The van der Waals surface area contributed by atoms with Crippen molar-refractivity contribution in [1.82, 2.24) is 14.4 Å². The van der Waals surface area contributed by atoms with Gasteiger partial charge in [0.1, 0.15) is 12.4 Å². The van der Waals surface area contributed by atoms with Gasteiger partial charge in [0.2, 0.25) is 10.0 Å². The molecule has 4 rings (SSSR count). The van der Waals surface area contributed by atoms with Crippen molar-refractivity contribution in [2.24, 2.45) is 0 Å². The first-order chi connectivity index (χ1) is 14.5. The molecule has 1 aliphatic heterocycles. The highest BCUT2D eigenvalue weighted by molar-refractivity contribution is 7.88. The summed E-state index contributed by atoms with van der Waals surface area (Å²) in [5.41, 5.74) is 1.21. The lowest BCUT2D eigenvalue weighted by atomic mass is 10.1. The summed E-state index contributed by atoms with van der Waals surface area (Å²) in [6, 6.07) is 15.7. The molecule has 0 N–H and O–H groups in total. The van der Waals surface area contributed by atoms with E-state index in [1.54, 1.807) is 6.07 Å². The van der Waals surface area contributed by atoms with E-state index in [2.05, 4.69) is 10.1 Å². The van der Waals surface area contributed by atoms with E-state index in [1.165, 1.54) is 22.5 Å². The number of ether oxygens (including phenoxy) is 1. The first-order valence-electron chi connectivity index (χ1n) is 9.66. The zero-order chi connectivity index (χ0) is 21.0. The molecule has 1 atom stereocenters. The summed E-state index contributed by atoms with van der Waals surface area (Å²) in [6.45, 7) is 1.21. The van der Waals surface area contributed by atoms with Crippen LogP contribution >= 0.6 is 0 Å². The fourth-order valence-electron chi connectivity index (χ4n) is 3.42. The molecule has 2 heterocycles. The fourth-order valence-corrected chi connectivity index (χ4v) is 5.02. The second kappa shape index (κ2) is 9.03. The van der Waals surface area contributed by atoms with Gasteiger partial charge in [0.15, 0.2) is 5.82 Å². The molecule has 0 radical (unpaired) electrons. The predicted molar refractivity (Wildman–Crippen MR) is 107 cm³/mol. The molecule has 2 aromatic carbocycles. The van der Waals surface area contributed by atoms with Crippen molar-refractivity contribution in [2.45, 2.75) is 31.3 Å². The third-order valence-electron chi connectivity index (χ3n) is 5.03. The first kappa shape index (κ1) is 20.6. The summed E-state index contributed by atoms with van der Waals surface area (Å²) < 4.78 is 51.4. The van der Waals surface area contributed by atoms with E-state index in [-0.39, 0.29) is 30.4 Å². The van der Waals surface area contributed by atoms with Crippen LogP contribution in [-0.4, -0.2) is 36.0 Å². The minimum absolute atomic E-state index is 0.160. The summed E-state index contributed by atoms with van der Waals surface area (Å²) in [5.74, 6) is -0.218. The zero-order valence-electron chi connectivity index (χ0n) is 16.3. The second-order valence-electron chi connectivity index (χ2n) is 7.22. The van der Waals surface area contributed by atoms with E-state index < -0.39 is 15.8 Å². The van der Waals surface area contributed by atoms with Crippen molar-refractivity contribution in [1.29, 1.82) is 0 Å². The van der Waals surface area contributed by atoms with Crippen LogP contribution in [-0.2, 0) is 33.7 Å². The lowest BCUT2D eigenvalue weighted by molar-refractivity contribution is 0.0850. The molecule has 0 bridgehead atoms. The highest BCUT2D eigenvalue weighted by atomic mass is 32.2. The van der Waals surface area contributed by atoms with Gasteiger partial charge in [-0.3, -0.25) is 0 Å². The molecular formula is C21H22FN3O4S. The van der Waals surface area contributed by atoms with E-state index >= 15 is 0 Å². The van der Waals surface area contributed by atoms with Crippen LogP contribution in [0, 0.1) is 5.82 Å². The Morgan fingerprint density at radius 1 is 1.10 bits per heavy atom. The van der Waals surface area contributed by atoms with Gasteiger partial charge in [0.05, 0.1) is 12.4 Å². The number of halogens is 1. The van der Waals surface area contributed by atoms with Gasteiger partial charge in [0.25, 0.3) is 5.89 Å². The smallest absolute Gasteiger partial charge is 0.252 e. The third kappa shape index (κ3) is 4.92. The number of hydrogen-bond acceptors (Lipinski definition) is 6. The van der Waals surface area contributed by atoms with Gasteiger partial charge in [-0.15, -0.1) is 0 Å². The van der Waals surface area contributed by atoms with E-state index in [0.29, 0.717) is 31.3 Å². The van der Waals surface area contributed by atoms with Crippen LogP contribution in [0.1, 0.15) is 35.2 Å². The van der Waals surface area contributed by atoms with Gasteiger partial charge in [-0.25, -0.2) is 17.1 Å². The second-order valence-corrected chi connectivity index (χ2v) is 9.18. The van der Waals surface area contributed by atoms with E-state index in [4.69, 9.17) is 9.26 Å². The average Bonchev–Trinajstić information content (AvgIpc) is 3.40. The number of hydrogen-bond donors (Lipinski definition) is 0. The summed E-state index contributed by atoms with van der Waals surface area (Å²) in [4.78, 5) is 4.35. The molecule has 1 aromatic heterocycles. The lowest BCUT2D eigenvalue weighted by Crippen LogP contribution is -2.30. The molecule has 3 aromatic rings. The quantitative estimate of drug-likeness (QED) is 0.544. The molecule has 0 amide bonds. The Bertz CT molecular complexity index is 1090. The van der Waals surface area contributed by atoms with Crippen molar-refractivity contribution in [3.05, 3.63) is 83.3 Å². The molecule has 158 valence electrons. The van der Waals surface area contributed by atoms with Crippen molar-refractivity contribution in [2.75, 3.05) is 13.1 Å². The minimum atomic E-state index is -3.63. The van der Waals surface area contributed by atoms with Gasteiger partial charge in [-0.05, 0) is 18.1 Å². The van der Waals surface area contributed by atoms with E-state index in [1.807, 2.05) is 30.3 Å². The summed E-state index contributed by atoms with van der Waals surface area (Å²) in [5, 5.41) is 3.99. The van der Waals surface area contributed by atoms with Crippen LogP contribution in [0.5, 0.6) is 0 Å². The van der Waals surface area contributed by atoms with E-state index in [0.717, 1.165) is 5.56 Å². The average molecular weight is 431 g/mol. The Kier molecular flexibility index (Phi) is 6.21. The van der Waals surface area contributed by atoms with Crippen molar-refractivity contribution in [3.8, 4) is 0 Å². The van der Waals surface area contributed by atoms with Crippen LogP contribution in [0.4, 0.5) is 4.39 Å². The van der Waals surface area contributed by atoms with E-state index in [9.17, 15) is 12.8 Å². The zero-order valence-corrected chi connectivity index (χ0v) is 17.1. The summed E-state index contributed by atoms with van der Waals surface area (Å²) >= 11 is 0. The predicted octanol–water partition coefficient (Wildman–Crippen LogP) is 3.24.